The number of hydrogen-bond donors (Lipinski definition) is 1. The van der Waals surface area contributed by atoms with Crippen LogP contribution in [0.1, 0.15) is 22.9 Å². The number of amidine groups is 2. The second-order valence-electron chi connectivity index (χ2n) is 13.6. The third-order valence-electron chi connectivity index (χ3n) is 10.5. The van der Waals surface area contributed by atoms with E-state index in [4.69, 9.17) is 18.8 Å². The van der Waals surface area contributed by atoms with Gasteiger partial charge >= 0.3 is 0 Å². The zero-order valence-electron chi connectivity index (χ0n) is 28.9. The quantitative estimate of drug-likeness (QED) is 0.195. The molecule has 0 bridgehead atoms. The molecule has 0 saturated carbocycles. The monoisotopic (exact) mass is 694 g/mol. The first-order valence-electron chi connectivity index (χ1n) is 18.0. The molecule has 54 heavy (non-hydrogen) atoms. The molecule has 1 aliphatic rings. The van der Waals surface area contributed by atoms with E-state index in [9.17, 15) is 0 Å². The van der Waals surface area contributed by atoms with Crippen molar-refractivity contribution in [1.29, 1.82) is 0 Å². The molecule has 0 radical (unpaired) electrons. The Morgan fingerprint density at radius 3 is 1.91 bits per heavy atom. The van der Waals surface area contributed by atoms with Crippen LogP contribution >= 0.6 is 0 Å². The summed E-state index contributed by atoms with van der Waals surface area (Å²) in [6.07, 6.45) is 1.42. The van der Waals surface area contributed by atoms with Crippen LogP contribution < -0.4 is 5.32 Å². The molecule has 0 spiro atoms. The standard InChI is InChI=1S/C48H30N4O2/c1-2-11-30(12-3-1)45-50-46(52-47(51-45)38-17-9-21-42-44(38)39-18-10-28-49-48(39)54-42)31-24-22-29(23-25-31)32-26-27-35(34-14-5-4-13-33(32)34)36-16-8-20-41-43(36)37-15-6-7-19-40(37)53-41/h1-28,45H,(H,50,51,52). The topological polar surface area (TPSA) is 75.9 Å². The van der Waals surface area contributed by atoms with E-state index in [1.54, 1.807) is 6.20 Å². The number of hydrogen-bond acceptors (Lipinski definition) is 6. The molecule has 1 aliphatic heterocycles. The summed E-state index contributed by atoms with van der Waals surface area (Å²) in [6.45, 7) is 0. The molecule has 1 atom stereocenters. The van der Waals surface area contributed by atoms with Gasteiger partial charge in [0.2, 0.25) is 5.71 Å². The highest BCUT2D eigenvalue weighted by Crippen LogP contribution is 2.41. The molecule has 10 aromatic rings. The Hall–Kier alpha value is -7.31. The molecule has 3 aromatic heterocycles. The first-order valence-corrected chi connectivity index (χ1v) is 18.0. The molecule has 6 nitrogen and oxygen atoms in total. The van der Waals surface area contributed by atoms with Crippen LogP contribution in [0, 0.1) is 0 Å². The van der Waals surface area contributed by atoms with Crippen molar-refractivity contribution in [2.75, 3.05) is 0 Å². The fraction of sp³-hybridized carbons (Fsp3) is 0.0208. The Labute approximate surface area is 309 Å². The molecule has 4 heterocycles. The second kappa shape index (κ2) is 12.1. The first-order chi connectivity index (χ1) is 26.8. The minimum atomic E-state index is -0.326. The zero-order chi connectivity index (χ0) is 35.6. The maximum Gasteiger partial charge on any atom is 0.227 e. The summed E-state index contributed by atoms with van der Waals surface area (Å²) < 4.78 is 12.4. The van der Waals surface area contributed by atoms with E-state index in [0.29, 0.717) is 11.5 Å². The molecule has 11 rings (SSSR count). The highest BCUT2D eigenvalue weighted by molar-refractivity contribution is 6.22. The average Bonchev–Trinajstić information content (AvgIpc) is 3.82. The third kappa shape index (κ3) is 4.85. The van der Waals surface area contributed by atoms with Gasteiger partial charge in [-0.15, -0.1) is 0 Å². The lowest BCUT2D eigenvalue weighted by atomic mass is 9.90. The van der Waals surface area contributed by atoms with E-state index in [-0.39, 0.29) is 6.17 Å². The lowest BCUT2D eigenvalue weighted by molar-refractivity contribution is 0.654. The van der Waals surface area contributed by atoms with Gasteiger partial charge in [-0.3, -0.25) is 0 Å². The summed E-state index contributed by atoms with van der Waals surface area (Å²) in [5.41, 5.74) is 10.7. The zero-order valence-corrected chi connectivity index (χ0v) is 28.9. The van der Waals surface area contributed by atoms with Gasteiger partial charge in [0.05, 0.1) is 0 Å². The minimum Gasteiger partial charge on any atom is -0.456 e. The number of nitrogens with one attached hydrogen (secondary N) is 1. The summed E-state index contributed by atoms with van der Waals surface area (Å²) in [5, 5.41) is 10.2. The van der Waals surface area contributed by atoms with Crippen molar-refractivity contribution in [2.24, 2.45) is 9.98 Å². The van der Waals surface area contributed by atoms with Gasteiger partial charge in [-0.2, -0.15) is 0 Å². The third-order valence-corrected chi connectivity index (χ3v) is 10.5. The smallest absolute Gasteiger partial charge is 0.227 e. The predicted molar refractivity (Wildman–Crippen MR) is 219 cm³/mol. The lowest BCUT2D eigenvalue weighted by Crippen LogP contribution is -2.33. The number of aromatic nitrogens is 1. The van der Waals surface area contributed by atoms with Crippen LogP contribution in [-0.4, -0.2) is 16.7 Å². The molecule has 0 saturated heterocycles. The SMILES string of the molecule is c1ccc(C2N=C(c3cccc4oc5ncccc5c34)N=C(c3ccc(-c4ccc(-c5cccc6oc7ccccc7c56)c5ccccc45)cc3)N2)cc1. The number of aliphatic imine (C=N–C) groups is 2. The van der Waals surface area contributed by atoms with Crippen LogP contribution in [0.5, 0.6) is 0 Å². The van der Waals surface area contributed by atoms with Gasteiger partial charge in [-0.25, -0.2) is 15.0 Å². The van der Waals surface area contributed by atoms with Crippen molar-refractivity contribution in [1.82, 2.24) is 10.3 Å². The summed E-state index contributed by atoms with van der Waals surface area (Å²) in [4.78, 5) is 14.8. The Kier molecular flexibility index (Phi) is 6.82. The molecule has 6 heteroatoms. The van der Waals surface area contributed by atoms with Gasteiger partial charge in [-0.05, 0) is 68.9 Å². The molecular weight excluding hydrogens is 665 g/mol. The Balaban J connectivity index is 1.01. The van der Waals surface area contributed by atoms with Gasteiger partial charge in [0.15, 0.2) is 5.84 Å². The van der Waals surface area contributed by atoms with Crippen LogP contribution in [0.3, 0.4) is 0 Å². The fourth-order valence-corrected chi connectivity index (χ4v) is 7.96. The van der Waals surface area contributed by atoms with Crippen molar-refractivity contribution < 1.29 is 8.83 Å². The molecule has 254 valence electrons. The maximum atomic E-state index is 6.25. The number of fused-ring (bicyclic) bond motifs is 7. The molecule has 7 aromatic carbocycles. The average molecular weight is 695 g/mol. The number of nitrogens with zero attached hydrogens (tertiary/aromatic N) is 3. The second-order valence-corrected chi connectivity index (χ2v) is 13.6. The van der Waals surface area contributed by atoms with Gasteiger partial charge < -0.3 is 14.2 Å². The summed E-state index contributed by atoms with van der Waals surface area (Å²) in [5.74, 6) is 1.39. The Morgan fingerprint density at radius 1 is 0.444 bits per heavy atom. The number of benzene rings is 7. The van der Waals surface area contributed by atoms with E-state index in [1.165, 1.54) is 21.9 Å². The molecule has 1 unspecified atom stereocenters. The van der Waals surface area contributed by atoms with E-state index >= 15 is 0 Å². The summed E-state index contributed by atoms with van der Waals surface area (Å²) in [7, 11) is 0. The number of rotatable bonds is 5. The van der Waals surface area contributed by atoms with Crippen LogP contribution in [0.2, 0.25) is 0 Å². The Morgan fingerprint density at radius 2 is 1.07 bits per heavy atom. The van der Waals surface area contributed by atoms with E-state index < -0.39 is 0 Å². The summed E-state index contributed by atoms with van der Waals surface area (Å²) >= 11 is 0. The highest BCUT2D eigenvalue weighted by Gasteiger charge is 2.24. The van der Waals surface area contributed by atoms with Crippen molar-refractivity contribution in [3.05, 3.63) is 187 Å². The largest absolute Gasteiger partial charge is 0.456 e. The van der Waals surface area contributed by atoms with Crippen molar-refractivity contribution in [3.8, 4) is 22.3 Å². The number of para-hydroxylation sites is 1. The van der Waals surface area contributed by atoms with Gasteiger partial charge in [-0.1, -0.05) is 133 Å². The van der Waals surface area contributed by atoms with E-state index in [1.807, 2.05) is 54.6 Å². The van der Waals surface area contributed by atoms with Gasteiger partial charge in [0, 0.05) is 38.9 Å². The molecule has 0 amide bonds. The summed E-state index contributed by atoms with van der Waals surface area (Å²) in [6, 6.07) is 56.7. The van der Waals surface area contributed by atoms with Crippen LogP contribution in [0.25, 0.3) is 77.0 Å². The first kappa shape index (κ1) is 30.3. The van der Waals surface area contributed by atoms with Crippen molar-refractivity contribution >= 4 is 66.5 Å². The van der Waals surface area contributed by atoms with Crippen molar-refractivity contribution in [3.63, 3.8) is 0 Å². The number of furan rings is 2. The molecule has 0 fully saturated rings. The van der Waals surface area contributed by atoms with Gasteiger partial charge in [0.25, 0.3) is 0 Å². The van der Waals surface area contributed by atoms with E-state index in [2.05, 4.69) is 119 Å². The maximum absolute atomic E-state index is 6.25. The highest BCUT2D eigenvalue weighted by atomic mass is 16.3. The molecule has 1 N–H and O–H groups in total. The van der Waals surface area contributed by atoms with Crippen LogP contribution in [-0.2, 0) is 0 Å². The van der Waals surface area contributed by atoms with Crippen molar-refractivity contribution in [2.45, 2.75) is 6.17 Å². The van der Waals surface area contributed by atoms with E-state index in [0.717, 1.165) is 71.9 Å². The predicted octanol–water partition coefficient (Wildman–Crippen LogP) is 11.9. The molecule has 0 aliphatic carbocycles. The molecular formula is C48H30N4O2. The van der Waals surface area contributed by atoms with Gasteiger partial charge in [0.1, 0.15) is 28.8 Å². The number of pyridine rings is 1. The fourth-order valence-electron chi connectivity index (χ4n) is 7.96. The Bertz CT molecular complexity index is 3140. The van der Waals surface area contributed by atoms with Crippen LogP contribution in [0.4, 0.5) is 0 Å². The normalized spacial score (nSPS) is 14.5. The minimum absolute atomic E-state index is 0.326. The van der Waals surface area contributed by atoms with Crippen LogP contribution in [0.15, 0.2) is 189 Å². The lowest BCUT2D eigenvalue weighted by Gasteiger charge is -2.24.